The van der Waals surface area contributed by atoms with E-state index in [1.54, 1.807) is 0 Å². The second-order valence-electron chi connectivity index (χ2n) is 4.61. The Hall–Kier alpha value is 0.354. The highest BCUT2D eigenvalue weighted by atomic mass is 29.2. The van der Waals surface area contributed by atoms with Crippen LogP contribution in [0.4, 0.5) is 0 Å². The van der Waals surface area contributed by atoms with Gasteiger partial charge >= 0.3 is 0 Å². The molecule has 12 heavy (non-hydrogen) atoms. The van der Waals surface area contributed by atoms with Gasteiger partial charge in [0.1, 0.15) is 7.75 Å². The van der Waals surface area contributed by atoms with Crippen LogP contribution in [0.3, 0.4) is 0 Å². The van der Waals surface area contributed by atoms with E-state index in [1.807, 2.05) is 0 Å². The van der Waals surface area contributed by atoms with Crippen molar-refractivity contribution in [2.45, 2.75) is 19.1 Å². The van der Waals surface area contributed by atoms with Crippen LogP contribution in [0, 0.1) is 0 Å². The van der Waals surface area contributed by atoms with Gasteiger partial charge in [-0.1, -0.05) is 19.1 Å². The van der Waals surface area contributed by atoms with Crippen LogP contribution in [0.1, 0.15) is 0 Å². The molecule has 0 aliphatic carbocycles. The van der Waals surface area contributed by atoms with Gasteiger partial charge in [-0.3, -0.25) is 0 Å². The lowest BCUT2D eigenvalue weighted by atomic mass is 10.7. The third-order valence-corrected chi connectivity index (χ3v) is 13.5. The van der Waals surface area contributed by atoms with Crippen LogP contribution < -0.4 is 0 Å². The van der Waals surface area contributed by atoms with Gasteiger partial charge in [-0.2, -0.15) is 0 Å². The second kappa shape index (κ2) is 5.16. The standard InChI is InChI=1S/C8H24N2Si2/c1-9(2)7-8-11-12(5,6)10(3)4/h7-8,11H2,1-6H3. The van der Waals surface area contributed by atoms with Gasteiger partial charge in [-0.05, 0) is 34.7 Å². The average molecular weight is 204 g/mol. The molecule has 0 saturated heterocycles. The molecular formula is C8H24N2Si2. The Morgan fingerprint density at radius 3 is 1.92 bits per heavy atom. The molecule has 0 unspecified atom stereocenters. The van der Waals surface area contributed by atoms with Crippen LogP contribution in [-0.2, 0) is 0 Å². The first kappa shape index (κ1) is 12.4. The minimum absolute atomic E-state index is 0.172. The highest BCUT2D eigenvalue weighted by molar-refractivity contribution is 7.22. The van der Waals surface area contributed by atoms with Crippen molar-refractivity contribution in [3.63, 3.8) is 0 Å². The first-order chi connectivity index (χ1) is 5.36. The van der Waals surface area contributed by atoms with Crippen molar-refractivity contribution in [1.82, 2.24) is 9.47 Å². The fraction of sp³-hybridized carbons (Fsp3) is 1.00. The fourth-order valence-electron chi connectivity index (χ4n) is 1.05. The summed E-state index contributed by atoms with van der Waals surface area (Å²) in [5.74, 6) is 0. The van der Waals surface area contributed by atoms with Crippen molar-refractivity contribution in [3.05, 3.63) is 0 Å². The van der Waals surface area contributed by atoms with Crippen LogP contribution in [0.2, 0.25) is 19.1 Å². The van der Waals surface area contributed by atoms with Gasteiger partial charge in [0.2, 0.25) is 0 Å². The molecule has 74 valence electrons. The largest absolute Gasteiger partial charge is 0.332 e. The van der Waals surface area contributed by atoms with Gasteiger partial charge < -0.3 is 9.47 Å². The minimum Gasteiger partial charge on any atom is -0.332 e. The molecule has 0 atom stereocenters. The SMILES string of the molecule is CN(C)CC[SiH2][Si](C)(C)N(C)C. The predicted molar refractivity (Wildman–Crippen MR) is 63.1 cm³/mol. The van der Waals surface area contributed by atoms with Gasteiger partial charge in [-0.15, -0.1) is 0 Å². The molecule has 0 aromatic heterocycles. The zero-order valence-electron chi connectivity index (χ0n) is 9.52. The molecule has 0 bridgehead atoms. The van der Waals surface area contributed by atoms with Gasteiger partial charge in [0, 0.05) is 9.04 Å². The lowest BCUT2D eigenvalue weighted by Crippen LogP contribution is -2.50. The normalized spacial score (nSPS) is 14.0. The maximum atomic E-state index is 2.49. The molecule has 0 aromatic carbocycles. The Morgan fingerprint density at radius 1 is 1.08 bits per heavy atom. The third kappa shape index (κ3) is 5.08. The van der Waals surface area contributed by atoms with Crippen LogP contribution >= 0.6 is 0 Å². The van der Waals surface area contributed by atoms with Gasteiger partial charge in [0.25, 0.3) is 0 Å². The molecule has 0 saturated carbocycles. The summed E-state index contributed by atoms with van der Waals surface area (Å²) in [5, 5.41) is 0. The smallest absolute Gasteiger partial charge is 0.104 e. The molecule has 0 radical (unpaired) electrons. The Morgan fingerprint density at radius 2 is 1.58 bits per heavy atom. The highest BCUT2D eigenvalue weighted by Gasteiger charge is 2.22. The molecule has 0 spiro atoms. The zero-order valence-corrected chi connectivity index (χ0v) is 11.9. The molecule has 0 aliphatic heterocycles. The molecule has 4 heteroatoms. The van der Waals surface area contributed by atoms with Crippen LogP contribution in [0.5, 0.6) is 0 Å². The fourth-order valence-corrected chi connectivity index (χ4v) is 7.57. The van der Waals surface area contributed by atoms with Gasteiger partial charge in [0.15, 0.2) is 0 Å². The Labute approximate surface area is 80.6 Å². The highest BCUT2D eigenvalue weighted by Crippen LogP contribution is 2.04. The van der Waals surface area contributed by atoms with Crippen molar-refractivity contribution in [2.75, 3.05) is 34.7 Å². The molecule has 0 heterocycles. The van der Waals surface area contributed by atoms with Crippen LogP contribution in [0.25, 0.3) is 0 Å². The average Bonchev–Trinajstić information content (AvgIpc) is 1.85. The van der Waals surface area contributed by atoms with Crippen molar-refractivity contribution in [3.8, 4) is 0 Å². The van der Waals surface area contributed by atoms with E-state index >= 15 is 0 Å². The van der Waals surface area contributed by atoms with Crippen molar-refractivity contribution in [2.24, 2.45) is 0 Å². The predicted octanol–water partition coefficient (Wildman–Crippen LogP) is 0.398. The minimum atomic E-state index is -0.902. The lowest BCUT2D eigenvalue weighted by Gasteiger charge is -2.30. The maximum Gasteiger partial charge on any atom is 0.104 e. The Bertz CT molecular complexity index is 124. The Balaban J connectivity index is 3.61. The summed E-state index contributed by atoms with van der Waals surface area (Å²) in [6, 6.07) is 1.48. The summed E-state index contributed by atoms with van der Waals surface area (Å²) in [6.07, 6.45) is 0. The molecule has 0 N–H and O–H groups in total. The summed E-state index contributed by atoms with van der Waals surface area (Å²) in [6.45, 7) is 6.28. The maximum absolute atomic E-state index is 2.49. The molecule has 0 aliphatic rings. The first-order valence-corrected chi connectivity index (χ1v) is 11.0. The van der Waals surface area contributed by atoms with Crippen molar-refractivity contribution >= 4 is 16.8 Å². The van der Waals surface area contributed by atoms with Crippen molar-refractivity contribution < 1.29 is 0 Å². The summed E-state index contributed by atoms with van der Waals surface area (Å²) in [5.41, 5.74) is 0. The van der Waals surface area contributed by atoms with E-state index in [0.717, 1.165) is 0 Å². The van der Waals surface area contributed by atoms with Crippen LogP contribution in [0.15, 0.2) is 0 Å². The van der Waals surface area contributed by atoms with Crippen LogP contribution in [-0.4, -0.2) is 61.0 Å². The van der Waals surface area contributed by atoms with E-state index in [2.05, 4.69) is 50.8 Å². The van der Waals surface area contributed by atoms with Gasteiger partial charge in [0.05, 0.1) is 0 Å². The van der Waals surface area contributed by atoms with E-state index in [0.29, 0.717) is 0 Å². The van der Waals surface area contributed by atoms with Crippen molar-refractivity contribution in [1.29, 1.82) is 0 Å². The van der Waals surface area contributed by atoms with E-state index in [9.17, 15) is 0 Å². The van der Waals surface area contributed by atoms with E-state index in [-0.39, 0.29) is 9.04 Å². The molecule has 0 amide bonds. The van der Waals surface area contributed by atoms with E-state index < -0.39 is 7.75 Å². The lowest BCUT2D eigenvalue weighted by molar-refractivity contribution is 0.433. The number of hydrogen-bond acceptors (Lipinski definition) is 2. The van der Waals surface area contributed by atoms with E-state index in [1.165, 1.54) is 12.6 Å². The summed E-state index contributed by atoms with van der Waals surface area (Å²) >= 11 is 0. The van der Waals surface area contributed by atoms with Gasteiger partial charge in [-0.25, -0.2) is 0 Å². The zero-order chi connectivity index (χ0) is 9.78. The molecule has 0 aromatic rings. The Kier molecular flexibility index (Phi) is 5.32. The monoisotopic (exact) mass is 204 g/mol. The summed E-state index contributed by atoms with van der Waals surface area (Å²) < 4.78 is 2.49. The first-order valence-electron chi connectivity index (χ1n) is 4.68. The number of hydrogen-bond donors (Lipinski definition) is 0. The summed E-state index contributed by atoms with van der Waals surface area (Å²) in [4.78, 5) is 2.30. The molecule has 2 nitrogen and oxygen atoms in total. The number of nitrogens with zero attached hydrogens (tertiary/aromatic N) is 2. The molecule has 0 rings (SSSR count). The third-order valence-electron chi connectivity index (χ3n) is 2.60. The molecular weight excluding hydrogens is 180 g/mol. The quantitative estimate of drug-likeness (QED) is 0.598. The number of rotatable bonds is 5. The second-order valence-corrected chi connectivity index (χ2v) is 17.0. The summed E-state index contributed by atoms with van der Waals surface area (Å²) in [7, 11) is 8.09. The molecule has 0 fully saturated rings. The topological polar surface area (TPSA) is 6.48 Å². The van der Waals surface area contributed by atoms with E-state index in [4.69, 9.17) is 0 Å².